The molecule has 0 saturated heterocycles. The van der Waals surface area contributed by atoms with Gasteiger partial charge in [0.15, 0.2) is 0 Å². The van der Waals surface area contributed by atoms with Crippen molar-refractivity contribution in [3.63, 3.8) is 0 Å². The minimum absolute atomic E-state index is 0.0348. The summed E-state index contributed by atoms with van der Waals surface area (Å²) in [5.41, 5.74) is 6.02. The van der Waals surface area contributed by atoms with E-state index >= 15 is 0 Å². The zero-order valence-corrected chi connectivity index (χ0v) is 22.0. The van der Waals surface area contributed by atoms with Gasteiger partial charge in [-0.15, -0.1) is 0 Å². The van der Waals surface area contributed by atoms with Gasteiger partial charge >= 0.3 is 11.9 Å². The van der Waals surface area contributed by atoms with Crippen molar-refractivity contribution in [2.24, 2.45) is 17.6 Å². The molecule has 0 aromatic rings. The molecule has 1 aliphatic rings. The van der Waals surface area contributed by atoms with Crippen molar-refractivity contribution in [2.45, 2.75) is 129 Å². The lowest BCUT2D eigenvalue weighted by Crippen LogP contribution is -2.52. The summed E-state index contributed by atoms with van der Waals surface area (Å²) < 4.78 is 5.64. The van der Waals surface area contributed by atoms with Gasteiger partial charge in [-0.2, -0.15) is 0 Å². The fourth-order valence-electron chi connectivity index (χ4n) is 4.38. The molecule has 5 atom stereocenters. The molecule has 0 heterocycles. The van der Waals surface area contributed by atoms with Crippen LogP contribution in [0.2, 0.25) is 0 Å². The normalized spacial score (nSPS) is 18.5. The minimum atomic E-state index is -1.14. The second-order valence-electron chi connectivity index (χ2n) is 10.1. The van der Waals surface area contributed by atoms with Crippen LogP contribution in [0.15, 0.2) is 0 Å². The molecule has 0 radical (unpaired) electrons. The Morgan fingerprint density at radius 1 is 1.03 bits per heavy atom. The lowest BCUT2D eigenvalue weighted by Gasteiger charge is -2.28. The van der Waals surface area contributed by atoms with Crippen LogP contribution in [0.25, 0.3) is 0 Å². The maximum atomic E-state index is 13.0. The second kappa shape index (κ2) is 16.5. The van der Waals surface area contributed by atoms with Crippen LogP contribution in [0.4, 0.5) is 0 Å². The molecule has 0 aliphatic heterocycles. The summed E-state index contributed by atoms with van der Waals surface area (Å²) in [5, 5.41) is 14.4. The number of carboxylic acid groups (broad SMARTS) is 1. The highest BCUT2D eigenvalue weighted by molar-refractivity contribution is 5.90. The SMILES string of the molecule is CCCCC[C@H](CC(=O)N[C@@H](CC1CCCCC1)C(=O)N[C@@H](C)C(=O)O)OC(=O)[C@H](N)[C@@H](C)CC. The molecule has 0 aromatic carbocycles. The molecule has 5 N–H and O–H groups in total. The van der Waals surface area contributed by atoms with Crippen LogP contribution in [-0.4, -0.2) is 53.1 Å². The summed E-state index contributed by atoms with van der Waals surface area (Å²) >= 11 is 0. The lowest BCUT2D eigenvalue weighted by atomic mass is 9.84. The third-order valence-electron chi connectivity index (χ3n) is 7.03. The fraction of sp³-hybridized carbons (Fsp3) is 0.846. The Kier molecular flexibility index (Phi) is 14.6. The molecule has 1 fully saturated rings. The second-order valence-corrected chi connectivity index (χ2v) is 10.1. The van der Waals surface area contributed by atoms with E-state index in [1.807, 2.05) is 13.8 Å². The van der Waals surface area contributed by atoms with E-state index in [4.69, 9.17) is 15.6 Å². The number of hydrogen-bond donors (Lipinski definition) is 4. The number of nitrogens with two attached hydrogens (primary N) is 1. The number of esters is 1. The van der Waals surface area contributed by atoms with Crippen LogP contribution >= 0.6 is 0 Å². The van der Waals surface area contributed by atoms with Gasteiger partial charge in [0.1, 0.15) is 24.2 Å². The lowest BCUT2D eigenvalue weighted by molar-refractivity contribution is -0.153. The van der Waals surface area contributed by atoms with E-state index in [1.165, 1.54) is 13.3 Å². The number of aliphatic carboxylic acids is 1. The number of unbranched alkanes of at least 4 members (excludes halogenated alkanes) is 2. The molecular weight excluding hydrogens is 450 g/mol. The van der Waals surface area contributed by atoms with E-state index in [9.17, 15) is 19.2 Å². The number of nitrogens with one attached hydrogen (secondary N) is 2. The Bertz CT molecular complexity index is 680. The van der Waals surface area contributed by atoms with Gasteiger partial charge in [0, 0.05) is 0 Å². The van der Waals surface area contributed by atoms with Gasteiger partial charge in [-0.1, -0.05) is 72.1 Å². The van der Waals surface area contributed by atoms with E-state index < -0.39 is 48.0 Å². The van der Waals surface area contributed by atoms with Crippen LogP contribution in [0.5, 0.6) is 0 Å². The van der Waals surface area contributed by atoms with Gasteiger partial charge in [0.05, 0.1) is 6.42 Å². The highest BCUT2D eigenvalue weighted by Crippen LogP contribution is 2.27. The molecule has 1 aliphatic carbocycles. The Morgan fingerprint density at radius 2 is 1.69 bits per heavy atom. The number of ether oxygens (including phenoxy) is 1. The van der Waals surface area contributed by atoms with Crippen LogP contribution in [0.1, 0.15) is 105 Å². The Labute approximate surface area is 210 Å². The minimum Gasteiger partial charge on any atom is -0.480 e. The van der Waals surface area contributed by atoms with Crippen LogP contribution in [0, 0.1) is 11.8 Å². The van der Waals surface area contributed by atoms with Gasteiger partial charge in [-0.25, -0.2) is 0 Å². The quantitative estimate of drug-likeness (QED) is 0.189. The molecule has 0 bridgehead atoms. The topological polar surface area (TPSA) is 148 Å². The van der Waals surface area contributed by atoms with E-state index in [0.29, 0.717) is 18.8 Å². The number of amides is 2. The van der Waals surface area contributed by atoms with Crippen molar-refractivity contribution in [1.82, 2.24) is 10.6 Å². The van der Waals surface area contributed by atoms with Crippen molar-refractivity contribution < 1.29 is 29.0 Å². The summed E-state index contributed by atoms with van der Waals surface area (Å²) in [6.07, 6.45) is 9.11. The molecule has 202 valence electrons. The fourth-order valence-corrected chi connectivity index (χ4v) is 4.38. The predicted octanol–water partition coefficient (Wildman–Crippen LogP) is 3.29. The molecule has 0 unspecified atom stereocenters. The van der Waals surface area contributed by atoms with Crippen LogP contribution < -0.4 is 16.4 Å². The number of carboxylic acids is 1. The number of carbonyl (C=O) groups excluding carboxylic acids is 3. The Hall–Kier alpha value is -2.16. The van der Waals surface area contributed by atoms with Crippen molar-refractivity contribution >= 4 is 23.8 Å². The molecule has 1 saturated carbocycles. The summed E-state index contributed by atoms with van der Waals surface area (Å²) in [5.74, 6) is -2.28. The molecule has 2 amide bonds. The van der Waals surface area contributed by atoms with Crippen molar-refractivity contribution in [1.29, 1.82) is 0 Å². The highest BCUT2D eigenvalue weighted by Gasteiger charge is 2.30. The Balaban J connectivity index is 2.86. The third kappa shape index (κ3) is 11.9. The van der Waals surface area contributed by atoms with Crippen molar-refractivity contribution in [2.75, 3.05) is 0 Å². The van der Waals surface area contributed by atoms with Gasteiger partial charge in [-0.05, 0) is 38.0 Å². The first-order valence-corrected chi connectivity index (χ1v) is 13.4. The molecule has 35 heavy (non-hydrogen) atoms. The van der Waals surface area contributed by atoms with Gasteiger partial charge in [-0.3, -0.25) is 19.2 Å². The van der Waals surface area contributed by atoms with E-state index in [0.717, 1.165) is 51.4 Å². The molecule has 0 spiro atoms. The molecular formula is C26H47N3O6. The molecule has 9 heteroatoms. The first-order valence-electron chi connectivity index (χ1n) is 13.4. The average Bonchev–Trinajstić information content (AvgIpc) is 2.83. The number of rotatable bonds is 16. The van der Waals surface area contributed by atoms with Gasteiger partial charge in [0.2, 0.25) is 11.8 Å². The van der Waals surface area contributed by atoms with Crippen LogP contribution in [0.3, 0.4) is 0 Å². The van der Waals surface area contributed by atoms with Crippen molar-refractivity contribution in [3.05, 3.63) is 0 Å². The smallest absolute Gasteiger partial charge is 0.325 e. The van der Waals surface area contributed by atoms with E-state index in [2.05, 4.69) is 17.6 Å². The van der Waals surface area contributed by atoms with E-state index in [-0.39, 0.29) is 12.3 Å². The van der Waals surface area contributed by atoms with E-state index in [1.54, 1.807) is 0 Å². The number of hydrogen-bond acceptors (Lipinski definition) is 6. The number of carbonyl (C=O) groups is 4. The highest BCUT2D eigenvalue weighted by atomic mass is 16.5. The monoisotopic (exact) mass is 497 g/mol. The standard InChI is InChI=1S/C26H47N3O6/c1-5-7-9-14-20(35-26(34)23(27)17(3)6-2)16-22(30)29-21(15-19-12-10-8-11-13-19)24(31)28-18(4)25(32)33/h17-21,23H,5-16,27H2,1-4H3,(H,28,31)(H,29,30)(H,32,33)/t17-,18-,20+,21-,23+/m0/s1. The summed E-state index contributed by atoms with van der Waals surface area (Å²) in [7, 11) is 0. The summed E-state index contributed by atoms with van der Waals surface area (Å²) in [4.78, 5) is 49.6. The molecule has 1 rings (SSSR count). The van der Waals surface area contributed by atoms with Crippen molar-refractivity contribution in [3.8, 4) is 0 Å². The van der Waals surface area contributed by atoms with Gasteiger partial charge in [0.25, 0.3) is 0 Å². The zero-order chi connectivity index (χ0) is 26.4. The molecule has 0 aromatic heterocycles. The predicted molar refractivity (Wildman–Crippen MR) is 134 cm³/mol. The maximum absolute atomic E-state index is 13.0. The summed E-state index contributed by atoms with van der Waals surface area (Å²) in [6, 6.07) is -2.64. The first kappa shape index (κ1) is 30.9. The zero-order valence-electron chi connectivity index (χ0n) is 22.0. The van der Waals surface area contributed by atoms with Gasteiger partial charge < -0.3 is 26.2 Å². The maximum Gasteiger partial charge on any atom is 0.325 e. The largest absolute Gasteiger partial charge is 0.480 e. The third-order valence-corrected chi connectivity index (χ3v) is 7.03. The first-order chi connectivity index (χ1) is 16.6. The Morgan fingerprint density at radius 3 is 2.26 bits per heavy atom. The summed E-state index contributed by atoms with van der Waals surface area (Å²) in [6.45, 7) is 7.30. The average molecular weight is 498 g/mol. The molecule has 9 nitrogen and oxygen atoms in total. The van der Waals surface area contributed by atoms with Crippen LogP contribution in [-0.2, 0) is 23.9 Å².